The first-order chi connectivity index (χ1) is 4.97. The van der Waals surface area contributed by atoms with Crippen molar-refractivity contribution in [1.29, 1.82) is 0 Å². The third-order valence-corrected chi connectivity index (χ3v) is 1.37. The smallest absolute Gasteiger partial charge is 0.148 e. The van der Waals surface area contributed by atoms with Gasteiger partial charge in [-0.05, 0) is 0 Å². The van der Waals surface area contributed by atoms with E-state index in [0.29, 0.717) is 12.5 Å². The largest absolute Gasteiger partial charge is 0.490 e. The minimum absolute atomic E-state index is 0. The summed E-state index contributed by atoms with van der Waals surface area (Å²) in [6, 6.07) is 4.70. The summed E-state index contributed by atoms with van der Waals surface area (Å²) in [7, 11) is 0. The van der Waals surface area contributed by atoms with Crippen LogP contribution >= 0.6 is 0 Å². The van der Waals surface area contributed by atoms with Crippen LogP contribution in [0.15, 0.2) is 12.3 Å². The Morgan fingerprint density at radius 1 is 1.64 bits per heavy atom. The summed E-state index contributed by atoms with van der Waals surface area (Å²) in [4.78, 5) is 3.98. The first-order valence-electron chi connectivity index (χ1n) is 3.19. The summed E-state index contributed by atoms with van der Waals surface area (Å²) in [5, 5.41) is 3.14. The normalized spacial score (nSPS) is 13.5. The first-order valence-corrected chi connectivity index (χ1v) is 3.19. The minimum Gasteiger partial charge on any atom is -0.490 e. The van der Waals surface area contributed by atoms with E-state index in [4.69, 9.17) is 4.74 Å². The second-order valence-electron chi connectivity index (χ2n) is 2.06. The number of ether oxygens (including phenoxy) is 1. The maximum Gasteiger partial charge on any atom is 0.148 e. The predicted octanol–water partition coefficient (Wildman–Crippen LogP) is 0.684. The molecule has 0 spiro atoms. The third-order valence-electron chi connectivity index (χ3n) is 1.37. The summed E-state index contributed by atoms with van der Waals surface area (Å²) < 4.78 is 5.23. The molecule has 0 aliphatic carbocycles. The van der Waals surface area contributed by atoms with Crippen molar-refractivity contribution in [3.05, 3.63) is 18.3 Å². The number of hydrogen-bond acceptors (Lipinski definition) is 3. The fourth-order valence-corrected chi connectivity index (χ4v) is 0.923. The molecule has 57 valence electrons. The fraction of sp³-hybridized carbons (Fsp3) is 0.286. The molecule has 0 aromatic carbocycles. The van der Waals surface area contributed by atoms with Crippen LogP contribution in [0.5, 0.6) is 5.88 Å². The van der Waals surface area contributed by atoms with E-state index in [2.05, 4.69) is 16.4 Å². The van der Waals surface area contributed by atoms with E-state index < -0.39 is 0 Å². The molecule has 4 heteroatoms. The van der Waals surface area contributed by atoms with E-state index >= 15 is 0 Å². The van der Waals surface area contributed by atoms with Crippen molar-refractivity contribution in [3.8, 4) is 5.88 Å². The van der Waals surface area contributed by atoms with E-state index in [-0.39, 0.29) is 18.6 Å². The van der Waals surface area contributed by atoms with Crippen LogP contribution in [0.2, 0.25) is 0 Å². The number of fused-ring (bicyclic) bond motifs is 1. The monoisotopic (exact) mass is 186 g/mol. The molecule has 1 aromatic rings. The molecule has 0 atom stereocenters. The zero-order valence-electron chi connectivity index (χ0n) is 5.87. The summed E-state index contributed by atoms with van der Waals surface area (Å²) >= 11 is 0. The van der Waals surface area contributed by atoms with Crippen LogP contribution in [0.3, 0.4) is 0 Å². The minimum atomic E-state index is 0. The van der Waals surface area contributed by atoms with Gasteiger partial charge in [-0.15, -0.1) is 0 Å². The molecule has 0 amide bonds. The number of rotatable bonds is 0. The van der Waals surface area contributed by atoms with E-state index in [1.807, 2.05) is 6.07 Å². The van der Waals surface area contributed by atoms with Gasteiger partial charge in [0, 0.05) is 25.1 Å². The molecule has 1 radical (unpaired) electrons. The molecular formula is C7H7N2OV-. The topological polar surface area (TPSA) is 34.2 Å². The van der Waals surface area contributed by atoms with Crippen molar-refractivity contribution in [2.75, 3.05) is 18.5 Å². The van der Waals surface area contributed by atoms with Crippen LogP contribution in [0.25, 0.3) is 0 Å². The molecule has 2 heterocycles. The van der Waals surface area contributed by atoms with Gasteiger partial charge in [0.25, 0.3) is 0 Å². The Morgan fingerprint density at radius 3 is 3.36 bits per heavy atom. The standard InChI is InChI=1S/C7H7N2O.V/c1-2-6-7(9-3-1)10-5-4-8-6;/h2-3,8H,4-5H2;/q-1;. The molecule has 11 heavy (non-hydrogen) atoms. The van der Waals surface area contributed by atoms with Gasteiger partial charge in [0.2, 0.25) is 0 Å². The van der Waals surface area contributed by atoms with Gasteiger partial charge >= 0.3 is 0 Å². The maximum absolute atomic E-state index is 5.23. The quantitative estimate of drug-likeness (QED) is 0.605. The summed E-state index contributed by atoms with van der Waals surface area (Å²) in [6.45, 7) is 1.55. The fourth-order valence-electron chi connectivity index (χ4n) is 0.923. The zero-order chi connectivity index (χ0) is 6.81. The average molecular weight is 186 g/mol. The molecule has 1 aliphatic heterocycles. The molecule has 0 saturated carbocycles. The number of nitrogens with one attached hydrogen (secondary N) is 1. The van der Waals surface area contributed by atoms with Crippen molar-refractivity contribution >= 4 is 5.69 Å². The van der Waals surface area contributed by atoms with Crippen LogP contribution in [0.4, 0.5) is 5.69 Å². The van der Waals surface area contributed by atoms with Gasteiger partial charge in [0.05, 0.1) is 0 Å². The Labute approximate surface area is 77.0 Å². The third kappa shape index (κ3) is 1.67. The van der Waals surface area contributed by atoms with Crippen molar-refractivity contribution in [2.45, 2.75) is 0 Å². The molecule has 1 N–H and O–H groups in total. The number of aromatic nitrogens is 1. The Hall–Kier alpha value is -0.666. The second kappa shape index (κ2) is 3.65. The number of nitrogens with zero attached hydrogens (tertiary/aromatic N) is 1. The summed E-state index contributed by atoms with van der Waals surface area (Å²) in [5.74, 6) is 0.685. The molecule has 3 nitrogen and oxygen atoms in total. The SMILES string of the molecule is [V].[c-]1cnc2c(c1)NCCO2. The van der Waals surface area contributed by atoms with Crippen LogP contribution in [0.1, 0.15) is 0 Å². The average Bonchev–Trinajstić information content (AvgIpc) is 2.05. The number of anilines is 1. The van der Waals surface area contributed by atoms with Crippen LogP contribution < -0.4 is 10.1 Å². The molecule has 0 saturated heterocycles. The van der Waals surface area contributed by atoms with E-state index in [0.717, 1.165) is 12.2 Å². The first kappa shape index (κ1) is 8.43. The molecule has 2 rings (SSSR count). The second-order valence-corrected chi connectivity index (χ2v) is 2.06. The summed E-state index contributed by atoms with van der Waals surface area (Å²) in [6.07, 6.45) is 1.60. The summed E-state index contributed by atoms with van der Waals surface area (Å²) in [5.41, 5.74) is 0.939. The Morgan fingerprint density at radius 2 is 2.55 bits per heavy atom. The molecule has 0 unspecified atom stereocenters. The Kier molecular flexibility index (Phi) is 2.80. The van der Waals surface area contributed by atoms with Crippen molar-refractivity contribution < 1.29 is 23.3 Å². The van der Waals surface area contributed by atoms with E-state index in [1.54, 1.807) is 6.20 Å². The predicted molar refractivity (Wildman–Crippen MR) is 37.1 cm³/mol. The van der Waals surface area contributed by atoms with Gasteiger partial charge in [-0.3, -0.25) is 4.98 Å². The van der Waals surface area contributed by atoms with Crippen LogP contribution in [0, 0.1) is 6.07 Å². The van der Waals surface area contributed by atoms with Crippen molar-refractivity contribution in [2.24, 2.45) is 0 Å². The van der Waals surface area contributed by atoms with Gasteiger partial charge in [0.1, 0.15) is 12.5 Å². The molecule has 1 aliphatic rings. The Balaban J connectivity index is 0.000000605. The van der Waals surface area contributed by atoms with E-state index in [9.17, 15) is 0 Å². The van der Waals surface area contributed by atoms with Crippen LogP contribution in [-0.4, -0.2) is 18.1 Å². The zero-order valence-corrected chi connectivity index (χ0v) is 7.27. The van der Waals surface area contributed by atoms with Crippen molar-refractivity contribution in [3.63, 3.8) is 0 Å². The van der Waals surface area contributed by atoms with Crippen LogP contribution in [-0.2, 0) is 18.6 Å². The van der Waals surface area contributed by atoms with Crippen molar-refractivity contribution in [1.82, 2.24) is 4.98 Å². The van der Waals surface area contributed by atoms with Gasteiger partial charge in [-0.25, -0.2) is 12.1 Å². The van der Waals surface area contributed by atoms with Gasteiger partial charge in [-0.1, -0.05) is 11.9 Å². The van der Waals surface area contributed by atoms with Gasteiger partial charge < -0.3 is 10.1 Å². The van der Waals surface area contributed by atoms with Gasteiger partial charge in [-0.2, -0.15) is 0 Å². The number of hydrogen-bond donors (Lipinski definition) is 1. The molecule has 0 fully saturated rings. The number of pyridine rings is 1. The Bertz CT molecular complexity index is 217. The molecule has 0 bridgehead atoms. The molecular weight excluding hydrogens is 179 g/mol. The van der Waals surface area contributed by atoms with Gasteiger partial charge in [0.15, 0.2) is 0 Å². The molecule has 1 aromatic heterocycles. The maximum atomic E-state index is 5.23. The van der Waals surface area contributed by atoms with E-state index in [1.165, 1.54) is 0 Å².